The summed E-state index contributed by atoms with van der Waals surface area (Å²) >= 11 is 6.29. The van der Waals surface area contributed by atoms with Crippen LogP contribution < -0.4 is 10.5 Å². The Kier molecular flexibility index (Phi) is 4.88. The molecule has 0 spiro atoms. The van der Waals surface area contributed by atoms with Crippen molar-refractivity contribution in [2.24, 2.45) is 0 Å². The van der Waals surface area contributed by atoms with Crippen LogP contribution in [0.4, 0.5) is 10.1 Å². The summed E-state index contributed by atoms with van der Waals surface area (Å²) in [4.78, 5) is 4.30. The van der Waals surface area contributed by atoms with Crippen LogP contribution in [0.15, 0.2) is 36.7 Å². The molecule has 4 atom stereocenters. The molecule has 2 aromatic heterocycles. The summed E-state index contributed by atoms with van der Waals surface area (Å²) in [7, 11) is 0. The first-order chi connectivity index (χ1) is 13.4. The molecule has 0 amide bonds. The third kappa shape index (κ3) is 3.08. The first-order valence-corrected chi connectivity index (χ1v) is 9.11. The SMILES string of the molecule is Nc1ccnc2c1c(Cl)cn2C1CC(Oc2ccc(F)cc2CO)[C@@H](O)[C@H]1O. The van der Waals surface area contributed by atoms with Crippen LogP contribution in [0.2, 0.25) is 5.02 Å². The van der Waals surface area contributed by atoms with E-state index in [4.69, 9.17) is 22.1 Å². The number of nitrogens with zero attached hydrogens (tertiary/aromatic N) is 2. The summed E-state index contributed by atoms with van der Waals surface area (Å²) in [5.74, 6) is -0.253. The van der Waals surface area contributed by atoms with Gasteiger partial charge in [0.1, 0.15) is 35.5 Å². The maximum Gasteiger partial charge on any atom is 0.143 e. The molecule has 0 radical (unpaired) electrons. The molecule has 1 aliphatic rings. The number of nitrogens with two attached hydrogens (primary N) is 1. The van der Waals surface area contributed by atoms with Crippen LogP contribution in [0, 0.1) is 5.82 Å². The number of fused-ring (bicyclic) bond motifs is 1. The molecule has 1 saturated carbocycles. The number of halogens is 2. The predicted molar refractivity (Wildman–Crippen MR) is 102 cm³/mol. The van der Waals surface area contributed by atoms with Gasteiger partial charge in [-0.25, -0.2) is 9.37 Å². The second kappa shape index (κ2) is 7.21. The van der Waals surface area contributed by atoms with Crippen molar-refractivity contribution in [1.29, 1.82) is 0 Å². The van der Waals surface area contributed by atoms with Gasteiger partial charge in [-0.2, -0.15) is 0 Å². The Bertz CT molecular complexity index is 1030. The summed E-state index contributed by atoms with van der Waals surface area (Å²) in [5.41, 5.74) is 7.20. The molecule has 1 aliphatic carbocycles. The topological polar surface area (TPSA) is 114 Å². The molecular weight excluding hydrogens is 389 g/mol. The minimum Gasteiger partial charge on any atom is -0.487 e. The highest BCUT2D eigenvalue weighted by Crippen LogP contribution is 2.39. The zero-order valence-electron chi connectivity index (χ0n) is 14.7. The van der Waals surface area contributed by atoms with Crippen LogP contribution in [0.5, 0.6) is 5.75 Å². The molecule has 7 nitrogen and oxygen atoms in total. The average molecular weight is 408 g/mol. The van der Waals surface area contributed by atoms with E-state index in [2.05, 4.69) is 4.98 Å². The van der Waals surface area contributed by atoms with Crippen LogP contribution in [-0.4, -0.2) is 43.2 Å². The van der Waals surface area contributed by atoms with Gasteiger partial charge in [0, 0.05) is 30.1 Å². The van der Waals surface area contributed by atoms with Gasteiger partial charge >= 0.3 is 0 Å². The number of ether oxygens (including phenoxy) is 1. The van der Waals surface area contributed by atoms with Crippen LogP contribution in [0.25, 0.3) is 11.0 Å². The maximum absolute atomic E-state index is 13.4. The number of nitrogen functional groups attached to an aromatic ring is 1. The Morgan fingerprint density at radius 2 is 2.07 bits per heavy atom. The Morgan fingerprint density at radius 1 is 1.29 bits per heavy atom. The zero-order valence-corrected chi connectivity index (χ0v) is 15.4. The Morgan fingerprint density at radius 3 is 2.82 bits per heavy atom. The van der Waals surface area contributed by atoms with E-state index in [1.54, 1.807) is 23.0 Å². The lowest BCUT2D eigenvalue weighted by molar-refractivity contribution is -0.0168. The zero-order chi connectivity index (χ0) is 20.0. The van der Waals surface area contributed by atoms with Crippen molar-refractivity contribution in [2.75, 3.05) is 5.73 Å². The second-order valence-electron chi connectivity index (χ2n) is 6.83. The lowest BCUT2D eigenvalue weighted by atomic mass is 10.2. The maximum atomic E-state index is 13.4. The van der Waals surface area contributed by atoms with Crippen molar-refractivity contribution in [3.63, 3.8) is 0 Å². The van der Waals surface area contributed by atoms with Crippen molar-refractivity contribution in [3.8, 4) is 5.75 Å². The number of anilines is 1. The summed E-state index contributed by atoms with van der Waals surface area (Å²) in [6, 6.07) is 4.83. The molecule has 5 N–H and O–H groups in total. The van der Waals surface area contributed by atoms with Gasteiger partial charge in [0.15, 0.2) is 0 Å². The lowest BCUT2D eigenvalue weighted by Crippen LogP contribution is -2.34. The van der Waals surface area contributed by atoms with E-state index in [9.17, 15) is 19.7 Å². The van der Waals surface area contributed by atoms with Crippen molar-refractivity contribution >= 4 is 28.3 Å². The van der Waals surface area contributed by atoms with Gasteiger partial charge in [-0.05, 0) is 24.3 Å². The number of rotatable bonds is 4. The largest absolute Gasteiger partial charge is 0.487 e. The number of benzene rings is 1. The van der Waals surface area contributed by atoms with Gasteiger partial charge in [0.2, 0.25) is 0 Å². The number of hydrogen-bond acceptors (Lipinski definition) is 6. The molecule has 0 aliphatic heterocycles. The van der Waals surface area contributed by atoms with Crippen molar-refractivity contribution < 1.29 is 24.4 Å². The molecule has 148 valence electrons. The summed E-state index contributed by atoms with van der Waals surface area (Å²) < 4.78 is 20.8. The van der Waals surface area contributed by atoms with Gasteiger partial charge in [0.25, 0.3) is 0 Å². The normalized spacial score (nSPS) is 24.8. The highest BCUT2D eigenvalue weighted by Gasteiger charge is 2.44. The quantitative estimate of drug-likeness (QED) is 0.526. The monoisotopic (exact) mass is 407 g/mol. The fourth-order valence-electron chi connectivity index (χ4n) is 3.72. The minimum atomic E-state index is -1.20. The number of hydrogen-bond donors (Lipinski definition) is 4. The first kappa shape index (κ1) is 18.9. The van der Waals surface area contributed by atoms with E-state index in [1.165, 1.54) is 12.1 Å². The number of aliphatic hydroxyl groups excluding tert-OH is 3. The highest BCUT2D eigenvalue weighted by atomic mass is 35.5. The molecule has 1 fully saturated rings. The third-order valence-corrected chi connectivity index (χ3v) is 5.41. The molecule has 2 heterocycles. The smallest absolute Gasteiger partial charge is 0.143 e. The van der Waals surface area contributed by atoms with Gasteiger partial charge < -0.3 is 30.4 Å². The summed E-state index contributed by atoms with van der Waals surface area (Å²) in [6.07, 6.45) is 0.309. The van der Waals surface area contributed by atoms with Crippen LogP contribution in [0.3, 0.4) is 0 Å². The Labute approximate surface area is 164 Å². The summed E-state index contributed by atoms with van der Waals surface area (Å²) in [5, 5.41) is 31.5. The second-order valence-corrected chi connectivity index (χ2v) is 7.24. The molecule has 1 aromatic carbocycles. The molecule has 28 heavy (non-hydrogen) atoms. The Balaban J connectivity index is 1.65. The molecule has 0 bridgehead atoms. The van der Waals surface area contributed by atoms with Crippen molar-refractivity contribution in [3.05, 3.63) is 53.1 Å². The lowest BCUT2D eigenvalue weighted by Gasteiger charge is -2.20. The standard InChI is InChI=1S/C19H19ClFN3O4/c20-11-7-24(19-16(11)12(22)3-4-23-19)13-6-15(18(27)17(13)26)28-14-2-1-10(21)5-9(14)8-25/h1-5,7,13,15,17-18,25-27H,6,8H2,(H2,22,23)/t13?,15?,17-,18+/m0/s1. The average Bonchev–Trinajstić information content (AvgIpc) is 3.15. The van der Waals surface area contributed by atoms with E-state index in [-0.39, 0.29) is 17.7 Å². The Hall–Kier alpha value is -2.39. The van der Waals surface area contributed by atoms with E-state index < -0.39 is 36.8 Å². The van der Waals surface area contributed by atoms with E-state index >= 15 is 0 Å². The molecule has 2 unspecified atom stereocenters. The molecule has 4 rings (SSSR count). The van der Waals surface area contributed by atoms with Gasteiger partial charge in [-0.1, -0.05) is 11.6 Å². The molecule has 9 heteroatoms. The summed E-state index contributed by atoms with van der Waals surface area (Å²) in [6.45, 7) is -0.414. The van der Waals surface area contributed by atoms with Gasteiger partial charge in [-0.3, -0.25) is 0 Å². The van der Waals surface area contributed by atoms with Crippen LogP contribution in [-0.2, 0) is 6.61 Å². The number of aliphatic hydroxyl groups is 3. The van der Waals surface area contributed by atoms with Crippen molar-refractivity contribution in [1.82, 2.24) is 9.55 Å². The fraction of sp³-hybridized carbons (Fsp3) is 0.316. The predicted octanol–water partition coefficient (Wildman–Crippen LogP) is 2.02. The van der Waals surface area contributed by atoms with Crippen LogP contribution >= 0.6 is 11.6 Å². The van der Waals surface area contributed by atoms with E-state index in [1.807, 2.05) is 0 Å². The molecular formula is C19H19ClFN3O4. The highest BCUT2D eigenvalue weighted by molar-refractivity contribution is 6.36. The molecule has 0 saturated heterocycles. The first-order valence-electron chi connectivity index (χ1n) is 8.73. The fourth-order valence-corrected chi connectivity index (χ4v) is 4.01. The van der Waals surface area contributed by atoms with E-state index in [0.717, 1.165) is 6.07 Å². The van der Waals surface area contributed by atoms with Crippen LogP contribution in [0.1, 0.15) is 18.0 Å². The number of pyridine rings is 1. The molecule has 3 aromatic rings. The van der Waals surface area contributed by atoms with Crippen molar-refractivity contribution in [2.45, 2.75) is 37.4 Å². The van der Waals surface area contributed by atoms with Gasteiger partial charge in [-0.15, -0.1) is 0 Å². The third-order valence-electron chi connectivity index (χ3n) is 5.13. The van der Waals surface area contributed by atoms with E-state index in [0.29, 0.717) is 21.7 Å². The number of aromatic nitrogens is 2. The van der Waals surface area contributed by atoms with Gasteiger partial charge in [0.05, 0.1) is 23.1 Å². The minimum absolute atomic E-state index is 0.249.